The Balaban J connectivity index is 2.20. The molecule has 1 aliphatic rings. The Morgan fingerprint density at radius 2 is 2.24 bits per heavy atom. The van der Waals surface area contributed by atoms with E-state index in [4.69, 9.17) is 4.74 Å². The molecule has 1 aromatic rings. The van der Waals surface area contributed by atoms with Gasteiger partial charge in [-0.25, -0.2) is 0 Å². The third kappa shape index (κ3) is 2.60. The lowest BCUT2D eigenvalue weighted by atomic mass is 10.1. The summed E-state index contributed by atoms with van der Waals surface area (Å²) in [7, 11) is 0. The molecule has 1 aromatic carbocycles. The van der Waals surface area contributed by atoms with Gasteiger partial charge in [-0.1, -0.05) is 25.5 Å². The highest BCUT2D eigenvalue weighted by Crippen LogP contribution is 2.33. The quantitative estimate of drug-likeness (QED) is 0.803. The minimum absolute atomic E-state index is 0.0653. The maximum absolute atomic E-state index is 12.1. The van der Waals surface area contributed by atoms with E-state index in [-0.39, 0.29) is 12.0 Å². The molecule has 3 heteroatoms. The Kier molecular flexibility index (Phi) is 3.67. The second-order valence-electron chi connectivity index (χ2n) is 4.50. The molecule has 0 saturated heterocycles. The summed E-state index contributed by atoms with van der Waals surface area (Å²) in [5, 5.41) is 0. The summed E-state index contributed by atoms with van der Waals surface area (Å²) in [6.45, 7) is 4.75. The van der Waals surface area contributed by atoms with Gasteiger partial charge in [0.25, 0.3) is 0 Å². The van der Waals surface area contributed by atoms with Crippen LogP contribution in [0, 0.1) is 0 Å². The maximum atomic E-state index is 12.1. The van der Waals surface area contributed by atoms with Crippen molar-refractivity contribution in [1.82, 2.24) is 0 Å². The molecule has 1 amide bonds. The van der Waals surface area contributed by atoms with Crippen molar-refractivity contribution in [3.63, 3.8) is 0 Å². The van der Waals surface area contributed by atoms with Crippen molar-refractivity contribution in [1.29, 1.82) is 0 Å². The van der Waals surface area contributed by atoms with E-state index in [2.05, 4.69) is 6.92 Å². The molecule has 0 bridgehead atoms. The van der Waals surface area contributed by atoms with E-state index < -0.39 is 0 Å². The minimum atomic E-state index is 0.0653. The van der Waals surface area contributed by atoms with Gasteiger partial charge in [-0.2, -0.15) is 0 Å². The van der Waals surface area contributed by atoms with Gasteiger partial charge < -0.3 is 9.64 Å². The number of unbranched alkanes of at least 4 members (excludes halogenated alkanes) is 1. The molecule has 0 N–H and O–H groups in total. The van der Waals surface area contributed by atoms with Crippen LogP contribution in [-0.4, -0.2) is 18.6 Å². The Morgan fingerprint density at radius 3 is 3.00 bits per heavy atom. The van der Waals surface area contributed by atoms with Crippen LogP contribution in [-0.2, 0) is 4.79 Å². The van der Waals surface area contributed by atoms with Crippen LogP contribution in [0.5, 0.6) is 5.75 Å². The number of anilines is 1. The number of benzene rings is 1. The van der Waals surface area contributed by atoms with E-state index in [1.807, 2.05) is 36.1 Å². The fraction of sp³-hybridized carbons (Fsp3) is 0.500. The summed E-state index contributed by atoms with van der Waals surface area (Å²) in [5.41, 5.74) is 0.909. The number of carbonyl (C=O) groups excluding carboxylic acids is 1. The smallest absolute Gasteiger partial charge is 0.227 e. The molecule has 0 aromatic heterocycles. The molecule has 1 atom stereocenters. The van der Waals surface area contributed by atoms with E-state index in [9.17, 15) is 4.79 Å². The number of fused-ring (bicyclic) bond motifs is 1. The second kappa shape index (κ2) is 5.21. The van der Waals surface area contributed by atoms with Gasteiger partial charge >= 0.3 is 0 Å². The summed E-state index contributed by atoms with van der Waals surface area (Å²) < 4.78 is 5.72. The van der Waals surface area contributed by atoms with Crippen LogP contribution in [0.3, 0.4) is 0 Å². The molecular weight excluding hydrogens is 214 g/mol. The SMILES string of the molecule is CCCCC(=O)N1CC(C)Oc2ccccc21. The summed E-state index contributed by atoms with van der Waals surface area (Å²) in [4.78, 5) is 14.0. The molecule has 1 heterocycles. The molecule has 1 aliphatic heterocycles. The summed E-state index contributed by atoms with van der Waals surface area (Å²) >= 11 is 0. The van der Waals surface area contributed by atoms with Crippen molar-refractivity contribution in [2.24, 2.45) is 0 Å². The number of rotatable bonds is 3. The van der Waals surface area contributed by atoms with Gasteiger partial charge in [-0.15, -0.1) is 0 Å². The number of nitrogens with zero attached hydrogens (tertiary/aromatic N) is 1. The third-order valence-corrected chi connectivity index (χ3v) is 2.97. The van der Waals surface area contributed by atoms with Gasteiger partial charge in [-0.05, 0) is 25.5 Å². The molecular formula is C14H19NO2. The number of amides is 1. The zero-order valence-corrected chi connectivity index (χ0v) is 10.5. The van der Waals surface area contributed by atoms with E-state index in [0.29, 0.717) is 13.0 Å². The lowest BCUT2D eigenvalue weighted by Gasteiger charge is -2.33. The normalized spacial score (nSPS) is 18.5. The van der Waals surface area contributed by atoms with Gasteiger partial charge in [-0.3, -0.25) is 4.79 Å². The zero-order chi connectivity index (χ0) is 12.3. The van der Waals surface area contributed by atoms with Crippen LogP contribution in [0.1, 0.15) is 33.1 Å². The van der Waals surface area contributed by atoms with E-state index in [1.165, 1.54) is 0 Å². The average molecular weight is 233 g/mol. The van der Waals surface area contributed by atoms with Crippen molar-refractivity contribution in [3.05, 3.63) is 24.3 Å². The summed E-state index contributed by atoms with van der Waals surface area (Å²) in [6.07, 6.45) is 2.69. The fourth-order valence-electron chi connectivity index (χ4n) is 2.09. The maximum Gasteiger partial charge on any atom is 0.227 e. The van der Waals surface area contributed by atoms with Crippen LogP contribution < -0.4 is 9.64 Å². The largest absolute Gasteiger partial charge is 0.487 e. The Bertz CT molecular complexity index is 403. The molecule has 0 fully saturated rings. The molecule has 17 heavy (non-hydrogen) atoms. The third-order valence-electron chi connectivity index (χ3n) is 2.97. The highest BCUT2D eigenvalue weighted by atomic mass is 16.5. The first kappa shape index (κ1) is 12.0. The predicted octanol–water partition coefficient (Wildman–Crippen LogP) is 2.99. The predicted molar refractivity (Wildman–Crippen MR) is 68.4 cm³/mol. The number of para-hydroxylation sites is 2. The lowest BCUT2D eigenvalue weighted by Crippen LogP contribution is -2.42. The van der Waals surface area contributed by atoms with Crippen LogP contribution in [0.4, 0.5) is 5.69 Å². The van der Waals surface area contributed by atoms with E-state index >= 15 is 0 Å². The molecule has 0 spiro atoms. The molecule has 92 valence electrons. The number of ether oxygens (including phenoxy) is 1. The van der Waals surface area contributed by atoms with E-state index in [1.54, 1.807) is 0 Å². The van der Waals surface area contributed by atoms with Crippen LogP contribution in [0.25, 0.3) is 0 Å². The van der Waals surface area contributed by atoms with Crippen molar-refractivity contribution in [2.45, 2.75) is 39.2 Å². The van der Waals surface area contributed by atoms with Crippen molar-refractivity contribution in [3.8, 4) is 5.75 Å². The highest BCUT2D eigenvalue weighted by Gasteiger charge is 2.26. The number of hydrogen-bond acceptors (Lipinski definition) is 2. The van der Waals surface area contributed by atoms with Gasteiger partial charge in [0.05, 0.1) is 12.2 Å². The van der Waals surface area contributed by atoms with Gasteiger partial charge in [0.15, 0.2) is 0 Å². The van der Waals surface area contributed by atoms with Crippen LogP contribution in [0.15, 0.2) is 24.3 Å². The Morgan fingerprint density at radius 1 is 1.47 bits per heavy atom. The van der Waals surface area contributed by atoms with Crippen LogP contribution in [0.2, 0.25) is 0 Å². The van der Waals surface area contributed by atoms with Gasteiger partial charge in [0.2, 0.25) is 5.91 Å². The molecule has 3 nitrogen and oxygen atoms in total. The summed E-state index contributed by atoms with van der Waals surface area (Å²) in [5.74, 6) is 1.02. The van der Waals surface area contributed by atoms with Gasteiger partial charge in [0.1, 0.15) is 11.9 Å². The molecule has 0 radical (unpaired) electrons. The highest BCUT2D eigenvalue weighted by molar-refractivity contribution is 5.95. The topological polar surface area (TPSA) is 29.5 Å². The lowest BCUT2D eigenvalue weighted by molar-refractivity contribution is -0.119. The second-order valence-corrected chi connectivity index (χ2v) is 4.50. The molecule has 0 aliphatic carbocycles. The van der Waals surface area contributed by atoms with Crippen molar-refractivity contribution >= 4 is 11.6 Å². The monoisotopic (exact) mass is 233 g/mol. The molecule has 2 rings (SSSR count). The fourth-order valence-corrected chi connectivity index (χ4v) is 2.09. The zero-order valence-electron chi connectivity index (χ0n) is 10.5. The van der Waals surface area contributed by atoms with E-state index in [0.717, 1.165) is 24.3 Å². The molecule has 1 unspecified atom stereocenters. The average Bonchev–Trinajstić information content (AvgIpc) is 2.34. The van der Waals surface area contributed by atoms with Crippen LogP contribution >= 0.6 is 0 Å². The Hall–Kier alpha value is -1.51. The number of carbonyl (C=O) groups is 1. The first-order chi connectivity index (χ1) is 8.22. The standard InChI is InChI=1S/C14H19NO2/c1-3-4-9-14(16)15-10-11(2)17-13-8-6-5-7-12(13)15/h5-8,11H,3-4,9-10H2,1-2H3. The number of hydrogen-bond donors (Lipinski definition) is 0. The Labute approximate surface area is 102 Å². The first-order valence-electron chi connectivity index (χ1n) is 6.28. The summed E-state index contributed by atoms with van der Waals surface area (Å²) in [6, 6.07) is 7.75. The minimum Gasteiger partial charge on any atom is -0.487 e. The van der Waals surface area contributed by atoms with Gasteiger partial charge in [0, 0.05) is 6.42 Å². The van der Waals surface area contributed by atoms with Crippen molar-refractivity contribution < 1.29 is 9.53 Å². The molecule has 0 saturated carbocycles. The van der Waals surface area contributed by atoms with Crippen molar-refractivity contribution in [2.75, 3.05) is 11.4 Å². The first-order valence-corrected chi connectivity index (χ1v) is 6.28.